The first kappa shape index (κ1) is 10.4. The van der Waals surface area contributed by atoms with Gasteiger partial charge in [0.25, 0.3) is 0 Å². The molecule has 0 amide bonds. The van der Waals surface area contributed by atoms with Crippen molar-refractivity contribution in [1.82, 2.24) is 0 Å². The fourth-order valence-electron chi connectivity index (χ4n) is 2.30. The SMILES string of the molecule is BrN(Br)c1cccc2c1Cc1ccccc1-2. The van der Waals surface area contributed by atoms with E-state index in [-0.39, 0.29) is 0 Å². The molecule has 0 bridgehead atoms. The van der Waals surface area contributed by atoms with E-state index in [1.54, 1.807) is 0 Å². The predicted octanol–water partition coefficient (Wildman–Crippen LogP) is 4.68. The molecule has 0 atom stereocenters. The van der Waals surface area contributed by atoms with Crippen LogP contribution in [0.25, 0.3) is 11.1 Å². The summed E-state index contributed by atoms with van der Waals surface area (Å²) in [6, 6.07) is 15.0. The second-order valence-electron chi connectivity index (χ2n) is 3.87. The quantitative estimate of drug-likeness (QED) is 0.582. The molecule has 3 heteroatoms. The first-order chi connectivity index (χ1) is 7.77. The maximum atomic E-state index is 3.43. The lowest BCUT2D eigenvalue weighted by Crippen LogP contribution is -1.95. The number of hydrogen-bond acceptors (Lipinski definition) is 1. The van der Waals surface area contributed by atoms with Crippen LogP contribution in [0.4, 0.5) is 5.69 Å². The summed E-state index contributed by atoms with van der Waals surface area (Å²) in [5.41, 5.74) is 6.66. The Kier molecular flexibility index (Phi) is 2.52. The van der Waals surface area contributed by atoms with Gasteiger partial charge in [-0.3, -0.25) is 0 Å². The Balaban J connectivity index is 2.24. The number of rotatable bonds is 1. The molecule has 0 heterocycles. The van der Waals surface area contributed by atoms with Crippen molar-refractivity contribution in [3.63, 3.8) is 0 Å². The maximum Gasteiger partial charge on any atom is 0.0636 e. The summed E-state index contributed by atoms with van der Waals surface area (Å²) in [4.78, 5) is 0. The van der Waals surface area contributed by atoms with Gasteiger partial charge in [-0.05, 0) is 28.3 Å². The Morgan fingerprint density at radius 3 is 2.44 bits per heavy atom. The van der Waals surface area contributed by atoms with Crippen LogP contribution < -0.4 is 2.95 Å². The molecule has 1 aliphatic rings. The van der Waals surface area contributed by atoms with Crippen LogP contribution in [-0.2, 0) is 6.42 Å². The molecule has 2 aromatic carbocycles. The van der Waals surface area contributed by atoms with E-state index in [9.17, 15) is 0 Å². The van der Waals surface area contributed by atoms with Gasteiger partial charge >= 0.3 is 0 Å². The Labute approximate surface area is 112 Å². The third-order valence-corrected chi connectivity index (χ3v) is 3.77. The van der Waals surface area contributed by atoms with Crippen LogP contribution in [0.15, 0.2) is 42.5 Å². The van der Waals surface area contributed by atoms with Crippen LogP contribution in [0.1, 0.15) is 11.1 Å². The summed E-state index contributed by atoms with van der Waals surface area (Å²) < 4.78 is 1.82. The van der Waals surface area contributed by atoms with Crippen LogP contribution in [0, 0.1) is 0 Å². The van der Waals surface area contributed by atoms with E-state index < -0.39 is 0 Å². The third kappa shape index (κ3) is 1.50. The van der Waals surface area contributed by atoms with Crippen molar-refractivity contribution in [1.29, 1.82) is 0 Å². The summed E-state index contributed by atoms with van der Waals surface area (Å²) in [6.07, 6.45) is 1.01. The van der Waals surface area contributed by atoms with Gasteiger partial charge in [0, 0.05) is 6.42 Å². The van der Waals surface area contributed by atoms with Gasteiger partial charge in [0.05, 0.1) is 38.0 Å². The Bertz CT molecular complexity index is 549. The second kappa shape index (κ2) is 3.90. The van der Waals surface area contributed by atoms with Crippen molar-refractivity contribution in [3.8, 4) is 11.1 Å². The van der Waals surface area contributed by atoms with E-state index >= 15 is 0 Å². The molecule has 0 aromatic heterocycles. The lowest BCUT2D eigenvalue weighted by Gasteiger charge is -2.11. The minimum absolute atomic E-state index is 1.01. The zero-order chi connectivity index (χ0) is 11.1. The molecule has 0 spiro atoms. The average Bonchev–Trinajstić information content (AvgIpc) is 2.67. The molecule has 3 rings (SSSR count). The highest BCUT2D eigenvalue weighted by atomic mass is 79.9. The fraction of sp³-hybridized carbons (Fsp3) is 0.0769. The normalized spacial score (nSPS) is 12.1. The van der Waals surface area contributed by atoms with Crippen LogP contribution in [0.3, 0.4) is 0 Å². The molecular weight excluding hydrogens is 330 g/mol. The van der Waals surface area contributed by atoms with E-state index in [0.29, 0.717) is 0 Å². The molecule has 0 saturated carbocycles. The molecule has 16 heavy (non-hydrogen) atoms. The summed E-state index contributed by atoms with van der Waals surface area (Å²) in [7, 11) is 0. The molecule has 1 nitrogen and oxygen atoms in total. The molecule has 0 aliphatic heterocycles. The highest BCUT2D eigenvalue weighted by molar-refractivity contribution is 9.25. The van der Waals surface area contributed by atoms with E-state index in [1.807, 2.05) is 2.95 Å². The van der Waals surface area contributed by atoms with Gasteiger partial charge in [-0.2, -0.15) is 0 Å². The molecule has 2 aromatic rings. The number of benzene rings is 2. The molecule has 0 fully saturated rings. The molecule has 1 aliphatic carbocycles. The van der Waals surface area contributed by atoms with Crippen molar-refractivity contribution in [2.45, 2.75) is 6.42 Å². The zero-order valence-corrected chi connectivity index (χ0v) is 11.6. The second-order valence-corrected chi connectivity index (χ2v) is 6.24. The molecule has 0 N–H and O–H groups in total. The lowest BCUT2D eigenvalue weighted by atomic mass is 10.1. The van der Waals surface area contributed by atoms with Gasteiger partial charge < -0.3 is 0 Å². The first-order valence-electron chi connectivity index (χ1n) is 5.09. The Morgan fingerprint density at radius 1 is 0.875 bits per heavy atom. The fourth-order valence-corrected chi connectivity index (χ4v) is 2.96. The zero-order valence-electron chi connectivity index (χ0n) is 8.45. The largest absolute Gasteiger partial charge is 0.242 e. The van der Waals surface area contributed by atoms with Crippen LogP contribution in [0.5, 0.6) is 0 Å². The van der Waals surface area contributed by atoms with Crippen LogP contribution in [0.2, 0.25) is 0 Å². The average molecular weight is 339 g/mol. The molecule has 80 valence electrons. The Hall–Kier alpha value is -0.800. The van der Waals surface area contributed by atoms with Crippen molar-refractivity contribution in [3.05, 3.63) is 53.6 Å². The number of hydrogen-bond donors (Lipinski definition) is 0. The standard InChI is InChI=1S/C13H9Br2N/c14-16(15)13-7-3-6-11-10-5-2-1-4-9(10)8-12(11)13/h1-7H,8H2. The van der Waals surface area contributed by atoms with Gasteiger partial charge in [-0.1, -0.05) is 36.4 Å². The van der Waals surface area contributed by atoms with Crippen LogP contribution >= 0.6 is 32.3 Å². The monoisotopic (exact) mass is 337 g/mol. The number of nitrogens with zero attached hydrogens (tertiary/aromatic N) is 1. The van der Waals surface area contributed by atoms with Gasteiger partial charge in [0.15, 0.2) is 0 Å². The molecule has 0 radical (unpaired) electrons. The van der Waals surface area contributed by atoms with Crippen molar-refractivity contribution in [2.75, 3.05) is 2.95 Å². The third-order valence-electron chi connectivity index (χ3n) is 3.01. The molecule has 0 saturated heterocycles. The van der Waals surface area contributed by atoms with Gasteiger partial charge in [0.1, 0.15) is 0 Å². The number of halogens is 2. The summed E-state index contributed by atoms with van der Waals surface area (Å²) in [5.74, 6) is 0. The highest BCUT2D eigenvalue weighted by Crippen LogP contribution is 2.42. The van der Waals surface area contributed by atoms with E-state index in [1.165, 1.54) is 27.9 Å². The number of anilines is 1. The lowest BCUT2D eigenvalue weighted by molar-refractivity contribution is 1.26. The van der Waals surface area contributed by atoms with Gasteiger partial charge in [-0.25, -0.2) is 2.95 Å². The molecular formula is C13H9Br2N. The summed E-state index contributed by atoms with van der Waals surface area (Å²) in [6.45, 7) is 0. The van der Waals surface area contributed by atoms with E-state index in [2.05, 4.69) is 74.8 Å². The molecule has 0 unspecified atom stereocenters. The minimum atomic E-state index is 1.01. The summed E-state index contributed by atoms with van der Waals surface area (Å²) in [5, 5.41) is 0. The van der Waals surface area contributed by atoms with Crippen molar-refractivity contribution >= 4 is 38.0 Å². The topological polar surface area (TPSA) is 3.24 Å². The summed E-state index contributed by atoms with van der Waals surface area (Å²) >= 11 is 6.86. The Morgan fingerprint density at radius 2 is 1.62 bits per heavy atom. The first-order valence-corrected chi connectivity index (χ1v) is 6.51. The maximum absolute atomic E-state index is 3.43. The number of fused-ring (bicyclic) bond motifs is 3. The van der Waals surface area contributed by atoms with Crippen molar-refractivity contribution in [2.24, 2.45) is 0 Å². The van der Waals surface area contributed by atoms with Crippen LogP contribution in [-0.4, -0.2) is 0 Å². The van der Waals surface area contributed by atoms with Crippen molar-refractivity contribution < 1.29 is 0 Å². The minimum Gasteiger partial charge on any atom is -0.242 e. The van der Waals surface area contributed by atoms with Gasteiger partial charge in [-0.15, -0.1) is 0 Å². The van der Waals surface area contributed by atoms with E-state index in [0.717, 1.165) is 6.42 Å². The predicted molar refractivity (Wildman–Crippen MR) is 75.0 cm³/mol. The highest BCUT2D eigenvalue weighted by Gasteiger charge is 2.21. The van der Waals surface area contributed by atoms with Gasteiger partial charge in [0.2, 0.25) is 0 Å². The smallest absolute Gasteiger partial charge is 0.0636 e. The van der Waals surface area contributed by atoms with E-state index in [4.69, 9.17) is 0 Å².